The van der Waals surface area contributed by atoms with Gasteiger partial charge in [-0.2, -0.15) is 10.4 Å². The van der Waals surface area contributed by atoms with Crippen LogP contribution < -0.4 is 0 Å². The Hall–Kier alpha value is -2.54. The van der Waals surface area contributed by atoms with Crippen LogP contribution in [0.5, 0.6) is 0 Å². The minimum atomic E-state index is 0.682. The number of benzene rings is 1. The number of rotatable bonds is 1. The first kappa shape index (κ1) is 11.5. The van der Waals surface area contributed by atoms with Crippen LogP contribution in [0.2, 0.25) is 0 Å². The lowest BCUT2D eigenvalue weighted by atomic mass is 10.0. The highest BCUT2D eigenvalue weighted by Gasteiger charge is 2.11. The average Bonchev–Trinajstić information content (AvgIpc) is 2.94. The van der Waals surface area contributed by atoms with Crippen LogP contribution in [0.4, 0.5) is 0 Å². The van der Waals surface area contributed by atoms with Gasteiger partial charge in [-0.1, -0.05) is 0 Å². The fraction of sp³-hybridized carbons (Fsp3) is 0.200. The summed E-state index contributed by atoms with van der Waals surface area (Å²) in [7, 11) is 3.89. The smallest absolute Gasteiger partial charge is 0.0998 e. The molecule has 4 nitrogen and oxygen atoms in total. The Morgan fingerprint density at radius 2 is 2.00 bits per heavy atom. The second kappa shape index (κ2) is 3.99. The zero-order valence-corrected chi connectivity index (χ0v) is 11.2. The van der Waals surface area contributed by atoms with Crippen molar-refractivity contribution in [1.82, 2.24) is 14.3 Å². The van der Waals surface area contributed by atoms with Gasteiger partial charge in [-0.05, 0) is 25.1 Å². The van der Waals surface area contributed by atoms with Gasteiger partial charge >= 0.3 is 0 Å². The van der Waals surface area contributed by atoms with E-state index in [-0.39, 0.29) is 0 Å². The minimum absolute atomic E-state index is 0.682. The molecule has 3 rings (SSSR count). The maximum Gasteiger partial charge on any atom is 0.0998 e. The molecule has 0 aliphatic carbocycles. The van der Waals surface area contributed by atoms with Crippen molar-refractivity contribution in [3.8, 4) is 17.2 Å². The van der Waals surface area contributed by atoms with E-state index in [1.54, 1.807) is 10.9 Å². The van der Waals surface area contributed by atoms with Crippen LogP contribution in [0.1, 0.15) is 11.3 Å². The second-order valence-electron chi connectivity index (χ2n) is 4.82. The van der Waals surface area contributed by atoms with Crippen LogP contribution in [0, 0.1) is 18.3 Å². The van der Waals surface area contributed by atoms with Gasteiger partial charge in [0, 0.05) is 48.0 Å². The van der Waals surface area contributed by atoms with Crippen molar-refractivity contribution >= 4 is 10.9 Å². The summed E-state index contributed by atoms with van der Waals surface area (Å²) in [5, 5.41) is 14.7. The SMILES string of the molecule is Cc1cc2cc(-c3cnn(C)c3)c(C#N)cc2n1C. The van der Waals surface area contributed by atoms with Gasteiger partial charge in [0.25, 0.3) is 0 Å². The van der Waals surface area contributed by atoms with Crippen LogP contribution in [-0.4, -0.2) is 14.3 Å². The van der Waals surface area contributed by atoms with Crippen molar-refractivity contribution in [2.75, 3.05) is 0 Å². The fourth-order valence-electron chi connectivity index (χ4n) is 2.41. The highest BCUT2D eigenvalue weighted by molar-refractivity contribution is 5.89. The molecule has 0 atom stereocenters. The zero-order chi connectivity index (χ0) is 13.6. The molecule has 3 aromatic rings. The van der Waals surface area contributed by atoms with Crippen LogP contribution in [0.3, 0.4) is 0 Å². The standard InChI is InChI=1S/C15H14N4/c1-10-4-11-5-14(13-8-17-18(2)9-13)12(7-16)6-15(11)19(10)3/h4-6,8-9H,1-3H3. The predicted molar refractivity (Wildman–Crippen MR) is 74.6 cm³/mol. The Labute approximate surface area is 111 Å². The number of hydrogen-bond acceptors (Lipinski definition) is 2. The number of fused-ring (bicyclic) bond motifs is 1. The first-order chi connectivity index (χ1) is 9.10. The van der Waals surface area contributed by atoms with Gasteiger partial charge in [0.15, 0.2) is 0 Å². The summed E-state index contributed by atoms with van der Waals surface area (Å²) in [6.45, 7) is 2.07. The van der Waals surface area contributed by atoms with Crippen molar-refractivity contribution in [3.05, 3.63) is 41.9 Å². The molecule has 0 unspecified atom stereocenters. The molecule has 4 heteroatoms. The lowest BCUT2D eigenvalue weighted by Gasteiger charge is -2.04. The van der Waals surface area contributed by atoms with Crippen molar-refractivity contribution in [2.24, 2.45) is 14.1 Å². The summed E-state index contributed by atoms with van der Waals surface area (Å²) < 4.78 is 3.85. The molecular formula is C15H14N4. The maximum absolute atomic E-state index is 9.36. The molecule has 0 saturated heterocycles. The molecule has 19 heavy (non-hydrogen) atoms. The molecular weight excluding hydrogens is 236 g/mol. The molecule has 0 radical (unpaired) electrons. The summed E-state index contributed by atoms with van der Waals surface area (Å²) in [6, 6.07) is 8.43. The highest BCUT2D eigenvalue weighted by Crippen LogP contribution is 2.29. The first-order valence-electron chi connectivity index (χ1n) is 6.09. The summed E-state index contributed by atoms with van der Waals surface area (Å²) in [5.41, 5.74) is 4.86. The largest absolute Gasteiger partial charge is 0.348 e. The van der Waals surface area contributed by atoms with E-state index >= 15 is 0 Å². The van der Waals surface area contributed by atoms with Gasteiger partial charge in [0.2, 0.25) is 0 Å². The number of aryl methyl sites for hydroxylation is 3. The lowest BCUT2D eigenvalue weighted by Crippen LogP contribution is -1.91. The van der Waals surface area contributed by atoms with Gasteiger partial charge in [-0.15, -0.1) is 0 Å². The summed E-state index contributed by atoms with van der Waals surface area (Å²) in [6.07, 6.45) is 3.72. The van der Waals surface area contributed by atoms with Gasteiger partial charge in [-0.25, -0.2) is 0 Å². The second-order valence-corrected chi connectivity index (χ2v) is 4.82. The molecule has 0 saturated carbocycles. The van der Waals surface area contributed by atoms with E-state index in [0.717, 1.165) is 22.0 Å². The molecule has 0 amide bonds. The predicted octanol–water partition coefficient (Wildman–Crippen LogP) is 2.76. The number of nitrogens with zero attached hydrogens (tertiary/aromatic N) is 4. The number of hydrogen-bond donors (Lipinski definition) is 0. The molecule has 0 spiro atoms. The quantitative estimate of drug-likeness (QED) is 0.666. The first-order valence-corrected chi connectivity index (χ1v) is 6.09. The molecule has 0 aliphatic heterocycles. The Morgan fingerprint density at radius 3 is 2.63 bits per heavy atom. The topological polar surface area (TPSA) is 46.5 Å². The molecule has 0 fully saturated rings. The van der Waals surface area contributed by atoms with Gasteiger partial charge in [0.05, 0.1) is 17.8 Å². The van der Waals surface area contributed by atoms with Crippen LogP contribution >= 0.6 is 0 Å². The third kappa shape index (κ3) is 1.71. The van der Waals surface area contributed by atoms with Crippen molar-refractivity contribution in [3.63, 3.8) is 0 Å². The average molecular weight is 250 g/mol. The van der Waals surface area contributed by atoms with E-state index in [9.17, 15) is 5.26 Å². The number of aromatic nitrogens is 3. The zero-order valence-electron chi connectivity index (χ0n) is 11.2. The van der Waals surface area contributed by atoms with Crippen LogP contribution in [-0.2, 0) is 14.1 Å². The Balaban J connectivity index is 2.33. The molecule has 0 bridgehead atoms. The van der Waals surface area contributed by atoms with Gasteiger partial charge in [0.1, 0.15) is 0 Å². The van der Waals surface area contributed by atoms with Crippen LogP contribution in [0.15, 0.2) is 30.6 Å². The van der Waals surface area contributed by atoms with Crippen LogP contribution in [0.25, 0.3) is 22.0 Å². The molecule has 2 aromatic heterocycles. The molecule has 0 aliphatic rings. The maximum atomic E-state index is 9.36. The van der Waals surface area contributed by atoms with Crippen molar-refractivity contribution in [2.45, 2.75) is 6.92 Å². The summed E-state index contributed by atoms with van der Waals surface area (Å²) >= 11 is 0. The Bertz CT molecular complexity index is 815. The molecule has 94 valence electrons. The third-order valence-corrected chi connectivity index (χ3v) is 3.56. The monoisotopic (exact) mass is 250 g/mol. The molecule has 2 heterocycles. The van der Waals surface area contributed by atoms with Crippen molar-refractivity contribution < 1.29 is 0 Å². The Morgan fingerprint density at radius 1 is 1.21 bits per heavy atom. The van der Waals surface area contributed by atoms with E-state index in [1.165, 1.54) is 5.69 Å². The van der Waals surface area contributed by atoms with Crippen molar-refractivity contribution in [1.29, 1.82) is 5.26 Å². The summed E-state index contributed by atoms with van der Waals surface area (Å²) in [4.78, 5) is 0. The third-order valence-electron chi connectivity index (χ3n) is 3.56. The normalized spacial score (nSPS) is 10.8. The van der Waals surface area contributed by atoms with E-state index in [1.807, 2.05) is 26.4 Å². The molecule has 0 N–H and O–H groups in total. The lowest BCUT2D eigenvalue weighted by molar-refractivity contribution is 0.768. The van der Waals surface area contributed by atoms with E-state index in [4.69, 9.17) is 0 Å². The van der Waals surface area contributed by atoms with Gasteiger partial charge in [-0.3, -0.25) is 4.68 Å². The summed E-state index contributed by atoms with van der Waals surface area (Å²) in [5.74, 6) is 0. The molecule has 1 aromatic carbocycles. The van der Waals surface area contributed by atoms with Gasteiger partial charge < -0.3 is 4.57 Å². The minimum Gasteiger partial charge on any atom is -0.348 e. The van der Waals surface area contributed by atoms with E-state index in [2.05, 4.69) is 34.8 Å². The number of nitriles is 1. The Kier molecular flexibility index (Phi) is 2.42. The highest BCUT2D eigenvalue weighted by atomic mass is 15.2. The van der Waals surface area contributed by atoms with E-state index in [0.29, 0.717) is 5.56 Å². The fourth-order valence-corrected chi connectivity index (χ4v) is 2.41. The van der Waals surface area contributed by atoms with E-state index < -0.39 is 0 Å².